The molecule has 1 heterocycles. The van der Waals surface area contributed by atoms with Gasteiger partial charge in [-0.15, -0.1) is 11.3 Å². The number of thiazole rings is 1. The third kappa shape index (κ3) is 3.37. The van der Waals surface area contributed by atoms with Crippen molar-refractivity contribution < 1.29 is 0 Å². The van der Waals surface area contributed by atoms with Gasteiger partial charge in [0, 0.05) is 14.9 Å². The third-order valence-electron chi connectivity index (χ3n) is 2.94. The van der Waals surface area contributed by atoms with Crippen LogP contribution >= 0.6 is 38.9 Å². The van der Waals surface area contributed by atoms with Gasteiger partial charge < -0.3 is 5.32 Å². The molecule has 0 aliphatic rings. The highest BCUT2D eigenvalue weighted by atomic mass is 79.9. The van der Waals surface area contributed by atoms with E-state index < -0.39 is 0 Å². The van der Waals surface area contributed by atoms with E-state index in [0.29, 0.717) is 5.92 Å². The Labute approximate surface area is 131 Å². The maximum atomic E-state index is 6.33. The summed E-state index contributed by atoms with van der Waals surface area (Å²) in [6.45, 7) is 4.31. The Morgan fingerprint density at radius 3 is 2.63 bits per heavy atom. The maximum Gasteiger partial charge on any atom is 0.114 e. The van der Waals surface area contributed by atoms with Crippen LogP contribution in [0.4, 0.5) is 0 Å². The monoisotopic (exact) mass is 358 g/mol. The molecule has 0 spiro atoms. The second-order valence-corrected chi connectivity index (χ2v) is 6.87. The van der Waals surface area contributed by atoms with Crippen molar-refractivity contribution in [2.45, 2.75) is 25.8 Å². The Balaban J connectivity index is 2.38. The summed E-state index contributed by atoms with van der Waals surface area (Å²) in [5, 5.41) is 7.21. The molecule has 1 unspecified atom stereocenters. The van der Waals surface area contributed by atoms with E-state index in [1.54, 1.807) is 11.3 Å². The van der Waals surface area contributed by atoms with Crippen LogP contribution in [-0.4, -0.2) is 12.0 Å². The topological polar surface area (TPSA) is 24.9 Å². The summed E-state index contributed by atoms with van der Waals surface area (Å²) in [5.74, 6) is 0.447. The molecule has 0 aliphatic carbocycles. The highest BCUT2D eigenvalue weighted by Gasteiger charge is 2.19. The van der Waals surface area contributed by atoms with E-state index in [1.165, 1.54) is 0 Å². The zero-order chi connectivity index (χ0) is 14.0. The van der Waals surface area contributed by atoms with E-state index in [2.05, 4.69) is 40.5 Å². The molecule has 1 aromatic heterocycles. The largest absolute Gasteiger partial charge is 0.307 e. The fourth-order valence-electron chi connectivity index (χ4n) is 1.85. The Morgan fingerprint density at radius 1 is 1.37 bits per heavy atom. The summed E-state index contributed by atoms with van der Waals surface area (Å²) < 4.78 is 0.984. The zero-order valence-electron chi connectivity index (χ0n) is 11.1. The number of nitrogens with zero attached hydrogens (tertiary/aromatic N) is 1. The zero-order valence-corrected chi connectivity index (χ0v) is 14.2. The Morgan fingerprint density at radius 2 is 2.11 bits per heavy atom. The van der Waals surface area contributed by atoms with E-state index in [0.717, 1.165) is 25.8 Å². The summed E-state index contributed by atoms with van der Waals surface area (Å²) in [4.78, 5) is 4.71. The fraction of sp³-hybridized carbons (Fsp3) is 0.357. The normalized spacial score (nSPS) is 12.9. The first kappa shape index (κ1) is 15.0. The quantitative estimate of drug-likeness (QED) is 0.831. The van der Waals surface area contributed by atoms with Gasteiger partial charge in [-0.3, -0.25) is 0 Å². The molecule has 2 rings (SSSR count). The first-order chi connectivity index (χ1) is 9.02. The highest BCUT2D eigenvalue weighted by molar-refractivity contribution is 9.10. The van der Waals surface area contributed by atoms with Gasteiger partial charge in [0.15, 0.2) is 0 Å². The second kappa shape index (κ2) is 6.35. The van der Waals surface area contributed by atoms with E-state index in [1.807, 2.05) is 25.2 Å². The second-order valence-electron chi connectivity index (χ2n) is 4.65. The summed E-state index contributed by atoms with van der Waals surface area (Å²) in [5.41, 5.74) is 2.19. The minimum atomic E-state index is 0.0399. The standard InChI is InChI=1S/C14H16BrClN2S/c1-8(2)12-7-19-14(18-12)13(17-3)10-5-4-9(15)6-11(10)16/h4-8,13,17H,1-3H3. The average Bonchev–Trinajstić information content (AvgIpc) is 2.82. The lowest BCUT2D eigenvalue weighted by molar-refractivity contribution is 0.679. The smallest absolute Gasteiger partial charge is 0.114 e. The molecule has 1 aromatic carbocycles. The summed E-state index contributed by atoms with van der Waals surface area (Å²) in [6, 6.07) is 5.99. The van der Waals surface area contributed by atoms with Gasteiger partial charge >= 0.3 is 0 Å². The molecule has 1 N–H and O–H groups in total. The molecule has 5 heteroatoms. The van der Waals surface area contributed by atoms with E-state index in [-0.39, 0.29) is 6.04 Å². The van der Waals surface area contributed by atoms with Crippen LogP contribution in [0.25, 0.3) is 0 Å². The number of benzene rings is 1. The minimum Gasteiger partial charge on any atom is -0.307 e. The lowest BCUT2D eigenvalue weighted by Crippen LogP contribution is -2.18. The van der Waals surface area contributed by atoms with Crippen molar-refractivity contribution in [1.82, 2.24) is 10.3 Å². The first-order valence-corrected chi connectivity index (χ1v) is 8.15. The van der Waals surface area contributed by atoms with Crippen LogP contribution in [0.3, 0.4) is 0 Å². The van der Waals surface area contributed by atoms with Crippen molar-refractivity contribution in [3.8, 4) is 0 Å². The molecule has 2 aromatic rings. The van der Waals surface area contributed by atoms with Gasteiger partial charge in [-0.1, -0.05) is 47.4 Å². The number of nitrogens with one attached hydrogen (secondary N) is 1. The number of aromatic nitrogens is 1. The third-order valence-corrected chi connectivity index (χ3v) is 4.69. The molecule has 0 aliphatic heterocycles. The van der Waals surface area contributed by atoms with Crippen LogP contribution in [0, 0.1) is 0 Å². The van der Waals surface area contributed by atoms with Gasteiger partial charge in [-0.05, 0) is 30.7 Å². The van der Waals surface area contributed by atoms with E-state index in [4.69, 9.17) is 16.6 Å². The molecule has 19 heavy (non-hydrogen) atoms. The van der Waals surface area contributed by atoms with Crippen molar-refractivity contribution in [3.63, 3.8) is 0 Å². The van der Waals surface area contributed by atoms with Crippen molar-refractivity contribution in [3.05, 3.63) is 49.3 Å². The lowest BCUT2D eigenvalue weighted by Gasteiger charge is -2.15. The maximum absolute atomic E-state index is 6.33. The molecule has 2 nitrogen and oxygen atoms in total. The van der Waals surface area contributed by atoms with Crippen molar-refractivity contribution >= 4 is 38.9 Å². The predicted octanol–water partition coefficient (Wildman–Crippen LogP) is 4.99. The number of rotatable bonds is 4. The SMILES string of the molecule is CNC(c1nc(C(C)C)cs1)c1ccc(Br)cc1Cl. The molecule has 0 amide bonds. The van der Waals surface area contributed by atoms with Gasteiger partial charge in [0.1, 0.15) is 5.01 Å². The van der Waals surface area contributed by atoms with Gasteiger partial charge in [-0.2, -0.15) is 0 Å². The Bertz CT molecular complexity index is 568. The Hall–Kier alpha value is -0.420. The lowest BCUT2D eigenvalue weighted by atomic mass is 10.1. The molecular formula is C14H16BrClN2S. The van der Waals surface area contributed by atoms with Gasteiger partial charge in [0.2, 0.25) is 0 Å². The molecule has 102 valence electrons. The number of halogens is 2. The summed E-state index contributed by atoms with van der Waals surface area (Å²) in [6.07, 6.45) is 0. The average molecular weight is 360 g/mol. The van der Waals surface area contributed by atoms with Crippen LogP contribution in [-0.2, 0) is 0 Å². The molecule has 0 fully saturated rings. The summed E-state index contributed by atoms with van der Waals surface area (Å²) >= 11 is 11.4. The molecule has 0 radical (unpaired) electrons. The van der Waals surface area contributed by atoms with E-state index >= 15 is 0 Å². The van der Waals surface area contributed by atoms with Crippen LogP contribution < -0.4 is 5.32 Å². The highest BCUT2D eigenvalue weighted by Crippen LogP contribution is 2.32. The van der Waals surface area contributed by atoms with Crippen LogP contribution in [0.5, 0.6) is 0 Å². The number of hydrogen-bond acceptors (Lipinski definition) is 3. The fourth-order valence-corrected chi connectivity index (χ4v) is 3.73. The summed E-state index contributed by atoms with van der Waals surface area (Å²) in [7, 11) is 1.93. The predicted molar refractivity (Wildman–Crippen MR) is 86.3 cm³/mol. The number of hydrogen-bond donors (Lipinski definition) is 1. The van der Waals surface area contributed by atoms with Crippen LogP contribution in [0.1, 0.15) is 42.1 Å². The van der Waals surface area contributed by atoms with Crippen LogP contribution in [0.2, 0.25) is 5.02 Å². The van der Waals surface area contributed by atoms with Crippen LogP contribution in [0.15, 0.2) is 28.1 Å². The van der Waals surface area contributed by atoms with Crippen molar-refractivity contribution in [1.29, 1.82) is 0 Å². The minimum absolute atomic E-state index is 0.0399. The van der Waals surface area contributed by atoms with Crippen molar-refractivity contribution in [2.24, 2.45) is 0 Å². The molecule has 0 saturated heterocycles. The molecule has 1 atom stereocenters. The van der Waals surface area contributed by atoms with E-state index in [9.17, 15) is 0 Å². The van der Waals surface area contributed by atoms with Gasteiger partial charge in [0.05, 0.1) is 11.7 Å². The molecular weight excluding hydrogens is 344 g/mol. The first-order valence-electron chi connectivity index (χ1n) is 6.10. The molecule has 0 saturated carbocycles. The van der Waals surface area contributed by atoms with Gasteiger partial charge in [0.25, 0.3) is 0 Å². The molecule has 0 bridgehead atoms. The van der Waals surface area contributed by atoms with Gasteiger partial charge in [-0.25, -0.2) is 4.98 Å². The van der Waals surface area contributed by atoms with Crippen molar-refractivity contribution in [2.75, 3.05) is 7.05 Å². The Kier molecular flexibility index (Phi) is 5.01.